The van der Waals surface area contributed by atoms with Gasteiger partial charge in [-0.1, -0.05) is 23.7 Å². The molecule has 172 valence electrons. The largest absolute Gasteiger partial charge is 0.471 e. The van der Waals surface area contributed by atoms with Crippen LogP contribution in [0, 0.1) is 5.92 Å². The van der Waals surface area contributed by atoms with Gasteiger partial charge in [0, 0.05) is 12.7 Å². The van der Waals surface area contributed by atoms with Crippen LogP contribution in [0.1, 0.15) is 35.2 Å². The zero-order valence-electron chi connectivity index (χ0n) is 17.2. The fraction of sp³-hybridized carbons (Fsp3) is 0.364. The summed E-state index contributed by atoms with van der Waals surface area (Å²) in [4.78, 5) is 20.5. The normalized spacial score (nSPS) is 22.4. The second kappa shape index (κ2) is 8.33. The summed E-state index contributed by atoms with van der Waals surface area (Å²) in [6, 6.07) is 7.65. The van der Waals surface area contributed by atoms with Crippen molar-refractivity contribution in [3.8, 4) is 11.6 Å². The van der Waals surface area contributed by atoms with E-state index in [0.717, 1.165) is 18.9 Å². The number of aromatic nitrogens is 4. The minimum atomic E-state index is -4.54. The van der Waals surface area contributed by atoms with Crippen molar-refractivity contribution in [2.24, 2.45) is 5.92 Å². The maximum Gasteiger partial charge on any atom is 0.417 e. The predicted octanol–water partition coefficient (Wildman–Crippen LogP) is 4.41. The van der Waals surface area contributed by atoms with Gasteiger partial charge in [0.25, 0.3) is 5.91 Å². The first-order valence-electron chi connectivity index (χ1n) is 10.5. The van der Waals surface area contributed by atoms with Crippen molar-refractivity contribution in [1.82, 2.24) is 24.9 Å². The molecule has 0 radical (unpaired) electrons. The zero-order valence-corrected chi connectivity index (χ0v) is 18.0. The van der Waals surface area contributed by atoms with Crippen LogP contribution in [0.25, 0.3) is 5.69 Å². The van der Waals surface area contributed by atoms with Gasteiger partial charge in [-0.2, -0.15) is 28.2 Å². The number of amides is 1. The molecule has 2 aromatic heterocycles. The Morgan fingerprint density at radius 2 is 1.91 bits per heavy atom. The van der Waals surface area contributed by atoms with E-state index in [1.165, 1.54) is 17.2 Å². The number of benzene rings is 1. The molecule has 1 aliphatic carbocycles. The third-order valence-electron chi connectivity index (χ3n) is 6.15. The van der Waals surface area contributed by atoms with Gasteiger partial charge in [-0.05, 0) is 43.4 Å². The lowest BCUT2D eigenvalue weighted by molar-refractivity contribution is -0.137. The van der Waals surface area contributed by atoms with Gasteiger partial charge >= 0.3 is 6.18 Å². The van der Waals surface area contributed by atoms with Gasteiger partial charge in [-0.25, -0.2) is 4.98 Å². The van der Waals surface area contributed by atoms with Gasteiger partial charge < -0.3 is 9.64 Å². The number of halogens is 4. The first kappa shape index (κ1) is 21.7. The number of nitrogens with zero attached hydrogens (tertiary/aromatic N) is 5. The zero-order chi connectivity index (χ0) is 23.2. The number of alkyl halides is 3. The van der Waals surface area contributed by atoms with Crippen molar-refractivity contribution in [1.29, 1.82) is 0 Å². The van der Waals surface area contributed by atoms with E-state index in [-0.39, 0.29) is 28.8 Å². The molecule has 6 rings (SSSR count). The number of hydrogen-bond acceptors (Lipinski definition) is 5. The molecule has 33 heavy (non-hydrogen) atoms. The number of piperidine rings is 2. The van der Waals surface area contributed by atoms with Crippen LogP contribution >= 0.6 is 11.6 Å². The molecule has 2 saturated heterocycles. The molecule has 3 fully saturated rings. The Morgan fingerprint density at radius 1 is 1.15 bits per heavy atom. The van der Waals surface area contributed by atoms with Crippen LogP contribution in [0.5, 0.6) is 5.88 Å². The monoisotopic (exact) mass is 477 g/mol. The van der Waals surface area contributed by atoms with Crippen LogP contribution in [0.2, 0.25) is 5.02 Å². The highest BCUT2D eigenvalue weighted by Crippen LogP contribution is 2.40. The van der Waals surface area contributed by atoms with Gasteiger partial charge in [0.05, 0.1) is 35.2 Å². The number of hydrogen-bond donors (Lipinski definition) is 0. The molecule has 4 heterocycles. The maximum absolute atomic E-state index is 13.6. The van der Waals surface area contributed by atoms with Gasteiger partial charge in [0.1, 0.15) is 11.1 Å². The number of carbonyl (C=O) groups is 1. The summed E-state index contributed by atoms with van der Waals surface area (Å²) in [6.07, 6.45) is 1.17. The van der Waals surface area contributed by atoms with Crippen molar-refractivity contribution in [3.63, 3.8) is 0 Å². The van der Waals surface area contributed by atoms with E-state index in [9.17, 15) is 18.0 Å². The van der Waals surface area contributed by atoms with E-state index in [1.807, 2.05) is 6.07 Å². The van der Waals surface area contributed by atoms with Crippen LogP contribution in [0.4, 0.5) is 13.2 Å². The molecule has 3 atom stereocenters. The van der Waals surface area contributed by atoms with Crippen molar-refractivity contribution in [3.05, 3.63) is 65.1 Å². The third-order valence-corrected chi connectivity index (χ3v) is 6.42. The first-order valence-corrected chi connectivity index (χ1v) is 10.8. The maximum atomic E-state index is 13.6. The summed E-state index contributed by atoms with van der Waals surface area (Å²) in [5.41, 5.74) is 0.0928. The molecular weight excluding hydrogens is 459 g/mol. The van der Waals surface area contributed by atoms with Crippen LogP contribution in [0.3, 0.4) is 0 Å². The van der Waals surface area contributed by atoms with Gasteiger partial charge in [0.15, 0.2) is 0 Å². The molecule has 11 heteroatoms. The summed E-state index contributed by atoms with van der Waals surface area (Å²) < 4.78 is 44.7. The number of fused-ring (bicyclic) bond motifs is 3. The number of pyridine rings is 1. The molecule has 1 aromatic carbocycles. The fourth-order valence-corrected chi connectivity index (χ4v) is 4.84. The molecule has 0 spiro atoms. The Bertz CT molecular complexity index is 1170. The molecule has 2 aliphatic heterocycles. The first-order chi connectivity index (χ1) is 15.8. The minimum absolute atomic E-state index is 0.0595. The molecule has 3 aliphatic rings. The lowest BCUT2D eigenvalue weighted by Crippen LogP contribution is -2.59. The quantitative estimate of drug-likeness (QED) is 0.556. The highest BCUT2D eigenvalue weighted by atomic mass is 35.5. The Morgan fingerprint density at radius 3 is 2.61 bits per heavy atom. The fourth-order valence-electron chi connectivity index (χ4n) is 4.63. The molecule has 1 saturated carbocycles. The van der Waals surface area contributed by atoms with E-state index < -0.39 is 17.8 Å². The van der Waals surface area contributed by atoms with Crippen molar-refractivity contribution in [2.45, 2.75) is 37.6 Å². The van der Waals surface area contributed by atoms with E-state index >= 15 is 0 Å². The van der Waals surface area contributed by atoms with Crippen molar-refractivity contribution >= 4 is 17.5 Å². The Labute approximate surface area is 192 Å². The molecular formula is C22H19ClF3N5O2. The third kappa shape index (κ3) is 4.15. The predicted molar refractivity (Wildman–Crippen MR) is 112 cm³/mol. The molecule has 1 amide bonds. The summed E-state index contributed by atoms with van der Waals surface area (Å²) in [5.74, 6) is -0.0136. The summed E-state index contributed by atoms with van der Waals surface area (Å²) in [6.45, 7) is 0.582. The van der Waals surface area contributed by atoms with Gasteiger partial charge in [-0.15, -0.1) is 0 Å². The molecule has 7 nitrogen and oxygen atoms in total. The average molecular weight is 478 g/mol. The summed E-state index contributed by atoms with van der Waals surface area (Å²) in [5, 5.41) is 8.06. The highest BCUT2D eigenvalue weighted by Gasteiger charge is 2.45. The number of ether oxygens (including phenoxy) is 1. The van der Waals surface area contributed by atoms with Crippen LogP contribution < -0.4 is 4.74 Å². The van der Waals surface area contributed by atoms with Crippen molar-refractivity contribution < 1.29 is 22.7 Å². The lowest BCUT2D eigenvalue weighted by atomic mass is 9.77. The Balaban J connectivity index is 1.40. The van der Waals surface area contributed by atoms with Crippen LogP contribution in [-0.4, -0.2) is 49.5 Å². The lowest BCUT2D eigenvalue weighted by Gasteiger charge is -2.49. The van der Waals surface area contributed by atoms with E-state index in [0.29, 0.717) is 30.4 Å². The van der Waals surface area contributed by atoms with Gasteiger partial charge in [-0.3, -0.25) is 4.79 Å². The van der Waals surface area contributed by atoms with E-state index in [4.69, 9.17) is 16.3 Å². The molecule has 3 unspecified atom stereocenters. The molecule has 0 N–H and O–H groups in total. The van der Waals surface area contributed by atoms with E-state index in [1.54, 1.807) is 23.1 Å². The van der Waals surface area contributed by atoms with Gasteiger partial charge in [0.2, 0.25) is 5.88 Å². The topological polar surface area (TPSA) is 73.1 Å². The summed E-state index contributed by atoms with van der Waals surface area (Å²) in [7, 11) is 0. The number of para-hydroxylation sites is 1. The second-order valence-electron chi connectivity index (χ2n) is 8.20. The Hall–Kier alpha value is -3.14. The number of rotatable bonds is 4. The minimum Gasteiger partial charge on any atom is -0.471 e. The smallest absolute Gasteiger partial charge is 0.417 e. The van der Waals surface area contributed by atoms with E-state index in [2.05, 4.69) is 15.2 Å². The number of carbonyl (C=O) groups excluding carboxylic acids is 1. The molecule has 2 bridgehead atoms. The SMILES string of the molecule is O=C(c1ccccc1-n1nccn1)N1CC2CCC1C(Oc1ncc(C(F)(F)F)cc1Cl)C2. The average Bonchev–Trinajstić information content (AvgIpc) is 3.34. The standard InChI is InChI=1S/C22H19ClF3N5O2/c23-16-10-14(22(24,25)26)11-27-20(16)33-19-9-13-5-6-18(19)30(12-13)21(32)15-3-1-2-4-17(15)31-28-7-8-29-31/h1-4,7-8,10-11,13,18-19H,5-6,9,12H2. The second-order valence-corrected chi connectivity index (χ2v) is 8.61. The Kier molecular flexibility index (Phi) is 5.48. The summed E-state index contributed by atoms with van der Waals surface area (Å²) >= 11 is 6.04. The van der Waals surface area contributed by atoms with Crippen LogP contribution in [-0.2, 0) is 6.18 Å². The van der Waals surface area contributed by atoms with Crippen molar-refractivity contribution in [2.75, 3.05) is 6.54 Å². The molecule has 3 aromatic rings. The highest BCUT2D eigenvalue weighted by molar-refractivity contribution is 6.31. The van der Waals surface area contributed by atoms with Crippen LogP contribution in [0.15, 0.2) is 48.9 Å².